The van der Waals surface area contributed by atoms with Crippen LogP contribution in [0.2, 0.25) is 0 Å². The van der Waals surface area contributed by atoms with Crippen molar-refractivity contribution in [2.45, 2.75) is 45.7 Å². The van der Waals surface area contributed by atoms with Gasteiger partial charge in [-0.2, -0.15) is 5.10 Å². The highest BCUT2D eigenvalue weighted by Gasteiger charge is 2.50. The summed E-state index contributed by atoms with van der Waals surface area (Å²) < 4.78 is 0. The first-order valence-electron chi connectivity index (χ1n) is 8.33. The van der Waals surface area contributed by atoms with Crippen molar-refractivity contribution in [3.05, 3.63) is 29.1 Å². The summed E-state index contributed by atoms with van der Waals surface area (Å²) in [7, 11) is 0. The molecule has 1 heterocycles. The lowest BCUT2D eigenvalue weighted by molar-refractivity contribution is -0.118. The van der Waals surface area contributed by atoms with Gasteiger partial charge < -0.3 is 0 Å². The highest BCUT2D eigenvalue weighted by molar-refractivity contribution is 7.99. The minimum Gasteiger partial charge on any atom is -0.272 e. The van der Waals surface area contributed by atoms with Crippen LogP contribution in [0.15, 0.2) is 28.0 Å². The van der Waals surface area contributed by atoms with Gasteiger partial charge in [0.2, 0.25) is 0 Å². The minimum atomic E-state index is -0.138. The maximum Gasteiger partial charge on any atom is 0.250 e. The Morgan fingerprint density at radius 2 is 2.12 bits per heavy atom. The highest BCUT2D eigenvalue weighted by Crippen LogP contribution is 2.58. The molecule has 0 spiro atoms. The van der Waals surface area contributed by atoms with Gasteiger partial charge in [-0.3, -0.25) is 4.79 Å². The summed E-state index contributed by atoms with van der Waals surface area (Å²) in [5.74, 6) is 1.51. The van der Waals surface area contributed by atoms with Gasteiger partial charge in [0.15, 0.2) is 5.16 Å². The SMILES string of the molecule is Cc1cc(C)nc(SCC(=O)N/N=C\C2=CC[C@H]3C[C@H]2C3(C)C)n1. The molecule has 128 valence electrons. The van der Waals surface area contributed by atoms with Crippen LogP contribution >= 0.6 is 11.8 Å². The molecular weight excluding hydrogens is 320 g/mol. The summed E-state index contributed by atoms with van der Waals surface area (Å²) in [5.41, 5.74) is 6.06. The van der Waals surface area contributed by atoms with E-state index in [1.807, 2.05) is 26.1 Å². The van der Waals surface area contributed by atoms with Crippen molar-refractivity contribution >= 4 is 23.9 Å². The van der Waals surface area contributed by atoms with Crippen LogP contribution in [0, 0.1) is 31.1 Å². The number of rotatable bonds is 5. The van der Waals surface area contributed by atoms with Gasteiger partial charge in [-0.25, -0.2) is 15.4 Å². The van der Waals surface area contributed by atoms with E-state index in [1.54, 1.807) is 0 Å². The van der Waals surface area contributed by atoms with Crippen molar-refractivity contribution in [1.29, 1.82) is 0 Å². The molecule has 24 heavy (non-hydrogen) atoms. The number of hydrogen-bond acceptors (Lipinski definition) is 5. The third kappa shape index (κ3) is 3.53. The first-order chi connectivity index (χ1) is 11.4. The Balaban J connectivity index is 1.48. The van der Waals surface area contributed by atoms with Crippen LogP contribution in [0.4, 0.5) is 0 Å². The molecular formula is C18H24N4OS. The smallest absolute Gasteiger partial charge is 0.250 e. The second-order valence-corrected chi connectivity index (χ2v) is 8.20. The second kappa shape index (κ2) is 6.67. The van der Waals surface area contributed by atoms with Crippen LogP contribution in [0.1, 0.15) is 38.1 Å². The van der Waals surface area contributed by atoms with E-state index in [4.69, 9.17) is 0 Å². The van der Waals surface area contributed by atoms with Crippen LogP contribution in [0.5, 0.6) is 0 Å². The Bertz CT molecular complexity index is 691. The molecule has 1 aromatic heterocycles. The van der Waals surface area contributed by atoms with Crippen molar-refractivity contribution in [3.8, 4) is 0 Å². The van der Waals surface area contributed by atoms with Gasteiger partial charge in [0, 0.05) is 11.4 Å². The number of nitrogens with one attached hydrogen (secondary N) is 1. The molecule has 0 radical (unpaired) electrons. The third-order valence-electron chi connectivity index (χ3n) is 5.21. The monoisotopic (exact) mass is 344 g/mol. The fourth-order valence-corrected chi connectivity index (χ4v) is 4.39. The maximum atomic E-state index is 11.9. The lowest BCUT2D eigenvalue weighted by Crippen LogP contribution is -2.48. The number of aromatic nitrogens is 2. The summed E-state index contributed by atoms with van der Waals surface area (Å²) in [5, 5.41) is 4.76. The molecule has 4 rings (SSSR count). The molecule has 1 saturated carbocycles. The van der Waals surface area contributed by atoms with Crippen molar-refractivity contribution in [1.82, 2.24) is 15.4 Å². The molecule has 0 unspecified atom stereocenters. The summed E-state index contributed by atoms with van der Waals surface area (Å²) in [6.07, 6.45) is 6.45. The molecule has 0 saturated heterocycles. The summed E-state index contributed by atoms with van der Waals surface area (Å²) in [6.45, 7) is 8.50. The van der Waals surface area contributed by atoms with Gasteiger partial charge in [0.05, 0.1) is 12.0 Å². The lowest BCUT2D eigenvalue weighted by atomic mass is 9.49. The molecule has 0 aromatic carbocycles. The predicted octanol–water partition coefficient (Wildman–Crippen LogP) is 3.28. The van der Waals surface area contributed by atoms with Gasteiger partial charge in [-0.1, -0.05) is 31.7 Å². The third-order valence-corrected chi connectivity index (χ3v) is 6.06. The number of thioether (sulfide) groups is 1. The van der Waals surface area contributed by atoms with Crippen molar-refractivity contribution in [2.24, 2.45) is 22.4 Å². The van der Waals surface area contributed by atoms with E-state index < -0.39 is 0 Å². The summed E-state index contributed by atoms with van der Waals surface area (Å²) in [6, 6.07) is 1.92. The van der Waals surface area contributed by atoms with Gasteiger partial charge >= 0.3 is 0 Å². The first kappa shape index (κ1) is 17.1. The van der Waals surface area contributed by atoms with Gasteiger partial charge in [0.25, 0.3) is 5.91 Å². The molecule has 2 atom stereocenters. The average molecular weight is 344 g/mol. The Labute approximate surface area is 147 Å². The molecule has 3 aliphatic carbocycles. The van der Waals surface area contributed by atoms with Crippen molar-refractivity contribution in [2.75, 3.05) is 5.75 Å². The summed E-state index contributed by atoms with van der Waals surface area (Å²) >= 11 is 1.33. The molecule has 5 nitrogen and oxygen atoms in total. The first-order valence-corrected chi connectivity index (χ1v) is 9.32. The zero-order chi connectivity index (χ0) is 17.3. The van der Waals surface area contributed by atoms with Crippen LogP contribution in [0.3, 0.4) is 0 Å². The van der Waals surface area contributed by atoms with Crippen LogP contribution in [-0.4, -0.2) is 27.8 Å². The number of hydrazone groups is 1. The second-order valence-electron chi connectivity index (χ2n) is 7.26. The van der Waals surface area contributed by atoms with E-state index in [2.05, 4.69) is 40.4 Å². The number of aryl methyl sites for hydroxylation is 2. The van der Waals surface area contributed by atoms with Gasteiger partial charge in [-0.15, -0.1) is 0 Å². The van der Waals surface area contributed by atoms with Gasteiger partial charge in [0.1, 0.15) is 0 Å². The fourth-order valence-electron chi connectivity index (χ4n) is 3.64. The minimum absolute atomic E-state index is 0.138. The molecule has 1 fully saturated rings. The number of hydrogen-bond donors (Lipinski definition) is 1. The van der Waals surface area contributed by atoms with E-state index in [0.29, 0.717) is 16.5 Å². The maximum absolute atomic E-state index is 11.9. The molecule has 0 aliphatic heterocycles. The Hall–Kier alpha value is -1.69. The van der Waals surface area contributed by atoms with E-state index in [-0.39, 0.29) is 11.7 Å². The number of fused-ring (bicyclic) bond motifs is 1. The molecule has 6 heteroatoms. The quantitative estimate of drug-likeness (QED) is 0.385. The van der Waals surface area contributed by atoms with Crippen LogP contribution < -0.4 is 5.43 Å². The number of amides is 1. The average Bonchev–Trinajstić information content (AvgIpc) is 2.52. The molecule has 2 bridgehead atoms. The van der Waals surface area contributed by atoms with Crippen LogP contribution in [0.25, 0.3) is 0 Å². The topological polar surface area (TPSA) is 67.2 Å². The zero-order valence-electron chi connectivity index (χ0n) is 14.7. The Morgan fingerprint density at radius 1 is 1.42 bits per heavy atom. The highest BCUT2D eigenvalue weighted by atomic mass is 32.2. The van der Waals surface area contributed by atoms with E-state index in [0.717, 1.165) is 23.7 Å². The lowest BCUT2D eigenvalue weighted by Gasteiger charge is -2.55. The van der Waals surface area contributed by atoms with E-state index in [9.17, 15) is 4.79 Å². The van der Waals surface area contributed by atoms with E-state index in [1.165, 1.54) is 23.8 Å². The number of nitrogens with zero attached hydrogens (tertiary/aromatic N) is 3. The summed E-state index contributed by atoms with van der Waals surface area (Å²) in [4.78, 5) is 20.6. The van der Waals surface area contributed by atoms with Crippen molar-refractivity contribution in [3.63, 3.8) is 0 Å². The Kier molecular flexibility index (Phi) is 4.76. The fraction of sp³-hybridized carbons (Fsp3) is 0.556. The van der Waals surface area contributed by atoms with E-state index >= 15 is 0 Å². The molecule has 1 aromatic rings. The molecule has 1 N–H and O–H groups in total. The van der Waals surface area contributed by atoms with Gasteiger partial charge in [-0.05, 0) is 55.6 Å². The normalized spacial score (nSPS) is 24.4. The number of allylic oxidation sites excluding steroid dienone is 2. The van der Waals surface area contributed by atoms with Crippen molar-refractivity contribution < 1.29 is 4.79 Å². The Morgan fingerprint density at radius 3 is 2.75 bits per heavy atom. The largest absolute Gasteiger partial charge is 0.272 e. The standard InChI is InChI=1S/C18H24N4OS/c1-11-7-12(2)21-17(20-11)24-10-16(23)22-19-9-13-5-6-14-8-15(13)18(14,3)4/h5,7,9,14-15H,6,8,10H2,1-4H3,(H,22,23)/b19-9-/t14-,15+/m0/s1. The zero-order valence-corrected chi connectivity index (χ0v) is 15.5. The van der Waals surface area contributed by atoms with Crippen LogP contribution in [-0.2, 0) is 4.79 Å². The molecule has 3 aliphatic rings. The number of carbonyl (C=O) groups is 1. The number of carbonyl (C=O) groups excluding carboxylic acids is 1. The predicted molar refractivity (Wildman–Crippen MR) is 96.9 cm³/mol. The molecule has 1 amide bonds.